The van der Waals surface area contributed by atoms with Crippen molar-refractivity contribution in [3.63, 3.8) is 0 Å². The SMILES string of the molecule is CC(C)Cn1ncnc1CCCC(Br)C(C)C. The molecule has 1 atom stereocenters. The van der Waals surface area contributed by atoms with E-state index in [-0.39, 0.29) is 0 Å². The molecule has 3 nitrogen and oxygen atoms in total. The standard InChI is InChI=1S/C13H24BrN3/c1-10(2)8-17-13(15-9-16-17)7-5-6-12(14)11(3)4/h9-12H,5-8H2,1-4H3. The van der Waals surface area contributed by atoms with Crippen molar-refractivity contribution in [2.24, 2.45) is 11.8 Å². The normalized spacial score (nSPS) is 13.6. The van der Waals surface area contributed by atoms with E-state index in [1.807, 2.05) is 4.68 Å². The summed E-state index contributed by atoms with van der Waals surface area (Å²) in [6.45, 7) is 9.89. The van der Waals surface area contributed by atoms with Crippen LogP contribution in [0.1, 0.15) is 46.4 Å². The maximum atomic E-state index is 4.35. The van der Waals surface area contributed by atoms with Crippen molar-refractivity contribution >= 4 is 15.9 Å². The van der Waals surface area contributed by atoms with Crippen LogP contribution in [0.4, 0.5) is 0 Å². The van der Waals surface area contributed by atoms with Gasteiger partial charge in [-0.15, -0.1) is 0 Å². The molecule has 0 aliphatic rings. The van der Waals surface area contributed by atoms with Crippen LogP contribution in [0.5, 0.6) is 0 Å². The van der Waals surface area contributed by atoms with Gasteiger partial charge in [0.2, 0.25) is 0 Å². The predicted molar refractivity (Wildman–Crippen MR) is 75.4 cm³/mol. The molecule has 0 aromatic carbocycles. The van der Waals surface area contributed by atoms with Crippen LogP contribution < -0.4 is 0 Å². The monoisotopic (exact) mass is 301 g/mol. The summed E-state index contributed by atoms with van der Waals surface area (Å²) in [5, 5.41) is 4.28. The average molecular weight is 302 g/mol. The van der Waals surface area contributed by atoms with E-state index >= 15 is 0 Å². The summed E-state index contributed by atoms with van der Waals surface area (Å²) < 4.78 is 2.04. The number of alkyl halides is 1. The van der Waals surface area contributed by atoms with Gasteiger partial charge in [0.25, 0.3) is 0 Å². The fourth-order valence-corrected chi connectivity index (χ4v) is 2.09. The molecule has 0 fully saturated rings. The first kappa shape index (κ1) is 14.7. The minimum atomic E-state index is 0.615. The number of nitrogens with zero attached hydrogens (tertiary/aromatic N) is 3. The molecule has 1 aromatic rings. The molecule has 1 aromatic heterocycles. The second kappa shape index (κ2) is 7.14. The van der Waals surface area contributed by atoms with E-state index in [0.29, 0.717) is 16.7 Å². The van der Waals surface area contributed by atoms with Crippen molar-refractivity contribution in [1.82, 2.24) is 14.8 Å². The molecule has 0 spiro atoms. The Morgan fingerprint density at radius 1 is 1.29 bits per heavy atom. The zero-order chi connectivity index (χ0) is 12.8. The Morgan fingerprint density at radius 3 is 2.59 bits per heavy atom. The van der Waals surface area contributed by atoms with E-state index in [0.717, 1.165) is 18.8 Å². The number of hydrogen-bond donors (Lipinski definition) is 0. The second-order valence-corrected chi connectivity index (χ2v) is 6.58. The Morgan fingerprint density at radius 2 is 2.00 bits per heavy atom. The van der Waals surface area contributed by atoms with Crippen molar-refractivity contribution in [2.45, 2.75) is 58.3 Å². The van der Waals surface area contributed by atoms with E-state index in [1.54, 1.807) is 6.33 Å². The molecule has 0 aliphatic carbocycles. The van der Waals surface area contributed by atoms with Crippen LogP contribution in [-0.4, -0.2) is 19.6 Å². The Balaban J connectivity index is 2.39. The first-order chi connectivity index (χ1) is 8.00. The lowest BCUT2D eigenvalue weighted by Gasteiger charge is -2.13. The van der Waals surface area contributed by atoms with Crippen LogP contribution >= 0.6 is 15.9 Å². The molecule has 1 unspecified atom stereocenters. The lowest BCUT2D eigenvalue weighted by molar-refractivity contribution is 0.460. The smallest absolute Gasteiger partial charge is 0.138 e. The fraction of sp³-hybridized carbons (Fsp3) is 0.846. The minimum absolute atomic E-state index is 0.615. The van der Waals surface area contributed by atoms with Crippen molar-refractivity contribution < 1.29 is 0 Å². The number of aryl methyl sites for hydroxylation is 1. The summed E-state index contributed by atoms with van der Waals surface area (Å²) in [7, 11) is 0. The Kier molecular flexibility index (Phi) is 6.17. The quantitative estimate of drug-likeness (QED) is 0.719. The van der Waals surface area contributed by atoms with Gasteiger partial charge in [0.1, 0.15) is 12.2 Å². The van der Waals surface area contributed by atoms with Crippen LogP contribution in [0.25, 0.3) is 0 Å². The molecule has 0 aliphatic heterocycles. The summed E-state index contributed by atoms with van der Waals surface area (Å²) in [5.41, 5.74) is 0. The summed E-state index contributed by atoms with van der Waals surface area (Å²) in [5.74, 6) is 2.45. The molecular formula is C13H24BrN3. The maximum absolute atomic E-state index is 4.35. The van der Waals surface area contributed by atoms with E-state index < -0.39 is 0 Å². The summed E-state index contributed by atoms with van der Waals surface area (Å²) in [4.78, 5) is 4.96. The molecular weight excluding hydrogens is 278 g/mol. The number of halogens is 1. The Labute approximate surface area is 113 Å². The highest BCUT2D eigenvalue weighted by molar-refractivity contribution is 9.09. The number of hydrogen-bond acceptors (Lipinski definition) is 2. The molecule has 1 heterocycles. The van der Waals surface area contributed by atoms with Gasteiger partial charge in [-0.05, 0) is 24.7 Å². The topological polar surface area (TPSA) is 30.7 Å². The molecule has 0 saturated heterocycles. The van der Waals surface area contributed by atoms with Crippen molar-refractivity contribution in [3.8, 4) is 0 Å². The molecule has 1 rings (SSSR count). The molecule has 0 radical (unpaired) electrons. The lowest BCUT2D eigenvalue weighted by Crippen LogP contribution is -2.12. The number of aromatic nitrogens is 3. The molecule has 17 heavy (non-hydrogen) atoms. The highest BCUT2D eigenvalue weighted by Crippen LogP contribution is 2.18. The third kappa shape index (κ3) is 5.19. The molecule has 98 valence electrons. The first-order valence-corrected chi connectivity index (χ1v) is 7.43. The highest BCUT2D eigenvalue weighted by atomic mass is 79.9. The Hall–Kier alpha value is -0.380. The van der Waals surface area contributed by atoms with Gasteiger partial charge in [0.15, 0.2) is 0 Å². The summed E-state index contributed by atoms with van der Waals surface area (Å²) >= 11 is 3.72. The fourth-order valence-electron chi connectivity index (χ4n) is 1.77. The van der Waals surface area contributed by atoms with Gasteiger partial charge in [-0.2, -0.15) is 5.10 Å². The average Bonchev–Trinajstić information content (AvgIpc) is 2.64. The zero-order valence-corrected chi connectivity index (χ0v) is 12.9. The van der Waals surface area contributed by atoms with Crippen molar-refractivity contribution in [3.05, 3.63) is 12.2 Å². The van der Waals surface area contributed by atoms with Gasteiger partial charge in [-0.25, -0.2) is 9.67 Å². The van der Waals surface area contributed by atoms with E-state index in [1.165, 1.54) is 12.8 Å². The summed E-state index contributed by atoms with van der Waals surface area (Å²) in [6, 6.07) is 0. The molecule has 0 bridgehead atoms. The van der Waals surface area contributed by atoms with E-state index in [2.05, 4.69) is 53.7 Å². The van der Waals surface area contributed by atoms with Gasteiger partial charge >= 0.3 is 0 Å². The van der Waals surface area contributed by atoms with Crippen LogP contribution in [0.2, 0.25) is 0 Å². The summed E-state index contributed by atoms with van der Waals surface area (Å²) in [6.07, 6.45) is 5.07. The van der Waals surface area contributed by atoms with Crippen LogP contribution in [0.15, 0.2) is 6.33 Å². The van der Waals surface area contributed by atoms with Crippen LogP contribution in [0, 0.1) is 11.8 Å². The third-order valence-electron chi connectivity index (χ3n) is 2.84. The van der Waals surface area contributed by atoms with Gasteiger partial charge in [0, 0.05) is 17.8 Å². The van der Waals surface area contributed by atoms with Crippen LogP contribution in [-0.2, 0) is 13.0 Å². The lowest BCUT2D eigenvalue weighted by atomic mass is 10.1. The van der Waals surface area contributed by atoms with Crippen molar-refractivity contribution in [2.75, 3.05) is 0 Å². The Bertz CT molecular complexity index is 320. The van der Waals surface area contributed by atoms with Gasteiger partial charge in [0.05, 0.1) is 0 Å². The van der Waals surface area contributed by atoms with Gasteiger partial charge in [-0.3, -0.25) is 0 Å². The molecule has 0 amide bonds. The largest absolute Gasteiger partial charge is 0.250 e. The highest BCUT2D eigenvalue weighted by Gasteiger charge is 2.10. The second-order valence-electron chi connectivity index (χ2n) is 5.40. The number of rotatable bonds is 7. The maximum Gasteiger partial charge on any atom is 0.138 e. The van der Waals surface area contributed by atoms with Crippen LogP contribution in [0.3, 0.4) is 0 Å². The first-order valence-electron chi connectivity index (χ1n) is 6.51. The molecule has 0 saturated carbocycles. The third-order valence-corrected chi connectivity index (χ3v) is 4.35. The molecule has 0 N–H and O–H groups in total. The molecule has 4 heteroatoms. The van der Waals surface area contributed by atoms with Gasteiger partial charge in [-0.1, -0.05) is 43.6 Å². The zero-order valence-electron chi connectivity index (χ0n) is 11.4. The van der Waals surface area contributed by atoms with Crippen molar-refractivity contribution in [1.29, 1.82) is 0 Å². The minimum Gasteiger partial charge on any atom is -0.250 e. The van der Waals surface area contributed by atoms with E-state index in [9.17, 15) is 0 Å². The predicted octanol–water partition coefficient (Wildman–Crippen LogP) is 3.68. The van der Waals surface area contributed by atoms with Gasteiger partial charge < -0.3 is 0 Å². The van der Waals surface area contributed by atoms with E-state index in [4.69, 9.17) is 0 Å².